The molecule has 1 atom stereocenters. The highest BCUT2D eigenvalue weighted by atomic mass is 127. The summed E-state index contributed by atoms with van der Waals surface area (Å²) in [5.41, 5.74) is 1.33. The molecule has 0 aliphatic carbocycles. The molecule has 0 aromatic heterocycles. The maximum atomic E-state index is 13.3. The molecule has 0 bridgehead atoms. The zero-order valence-corrected chi connectivity index (χ0v) is 20.6. The van der Waals surface area contributed by atoms with E-state index in [4.69, 9.17) is 0 Å². The van der Waals surface area contributed by atoms with E-state index in [1.54, 1.807) is 24.3 Å². The molecule has 0 saturated heterocycles. The van der Waals surface area contributed by atoms with Gasteiger partial charge in [0, 0.05) is 19.1 Å². The Hall–Kier alpha value is -1.72. The molecule has 0 amide bonds. The molecule has 0 spiro atoms. The van der Waals surface area contributed by atoms with E-state index < -0.39 is 15.8 Å². The van der Waals surface area contributed by atoms with Crippen LogP contribution in [0, 0.1) is 5.82 Å². The average Bonchev–Trinajstić information content (AvgIpc) is 2.71. The molecule has 2 rings (SSSR count). The summed E-state index contributed by atoms with van der Waals surface area (Å²) in [5.74, 6) is 0.295. The number of halogens is 2. The standard InChI is InChI=1S/C21H29FN4O2S.HI/c1-4-16(3)26-21(23-5-2)24-14-18-9-7-11-20(13-18)29(27,28)25-15-17-8-6-10-19(22)12-17;/h6-13,16,25H,4-5,14-15H2,1-3H3,(H2,23,24,26);1H. The average molecular weight is 548 g/mol. The minimum atomic E-state index is -3.72. The Morgan fingerprint density at radius 3 is 2.47 bits per heavy atom. The lowest BCUT2D eigenvalue weighted by Crippen LogP contribution is -2.41. The fraction of sp³-hybridized carbons (Fsp3) is 0.381. The lowest BCUT2D eigenvalue weighted by atomic mass is 10.2. The van der Waals surface area contributed by atoms with Crippen LogP contribution in [0.25, 0.3) is 0 Å². The molecule has 1 unspecified atom stereocenters. The number of nitrogens with one attached hydrogen (secondary N) is 3. The minimum Gasteiger partial charge on any atom is -0.357 e. The van der Waals surface area contributed by atoms with Gasteiger partial charge < -0.3 is 10.6 Å². The van der Waals surface area contributed by atoms with E-state index in [0.29, 0.717) is 18.1 Å². The molecule has 2 aromatic carbocycles. The van der Waals surface area contributed by atoms with Crippen LogP contribution in [0.3, 0.4) is 0 Å². The van der Waals surface area contributed by atoms with Crippen LogP contribution >= 0.6 is 24.0 Å². The van der Waals surface area contributed by atoms with Gasteiger partial charge in [-0.25, -0.2) is 22.5 Å². The SMILES string of the molecule is CCNC(=NCc1cccc(S(=O)(=O)NCc2cccc(F)c2)c1)NC(C)CC.I. The molecule has 166 valence electrons. The topological polar surface area (TPSA) is 82.6 Å². The van der Waals surface area contributed by atoms with Gasteiger partial charge >= 0.3 is 0 Å². The zero-order chi connectivity index (χ0) is 21.3. The second-order valence-electron chi connectivity index (χ2n) is 6.75. The number of rotatable bonds is 9. The van der Waals surface area contributed by atoms with Gasteiger partial charge in [0.25, 0.3) is 0 Å². The van der Waals surface area contributed by atoms with Crippen molar-refractivity contribution in [3.63, 3.8) is 0 Å². The van der Waals surface area contributed by atoms with E-state index in [1.165, 1.54) is 18.2 Å². The molecule has 0 saturated carbocycles. The summed E-state index contributed by atoms with van der Waals surface area (Å²) in [6, 6.07) is 12.8. The van der Waals surface area contributed by atoms with E-state index in [1.807, 2.05) is 13.0 Å². The molecule has 0 fully saturated rings. The van der Waals surface area contributed by atoms with Crippen molar-refractivity contribution in [2.45, 2.75) is 51.2 Å². The van der Waals surface area contributed by atoms with Crippen LogP contribution in [-0.2, 0) is 23.1 Å². The summed E-state index contributed by atoms with van der Waals surface area (Å²) < 4.78 is 41.0. The molecule has 30 heavy (non-hydrogen) atoms. The number of sulfonamides is 1. The molecule has 2 aromatic rings. The fourth-order valence-electron chi connectivity index (χ4n) is 2.55. The first-order valence-electron chi connectivity index (χ1n) is 9.72. The van der Waals surface area contributed by atoms with E-state index in [0.717, 1.165) is 18.5 Å². The summed E-state index contributed by atoms with van der Waals surface area (Å²) >= 11 is 0. The van der Waals surface area contributed by atoms with Gasteiger partial charge in [0.1, 0.15) is 5.82 Å². The van der Waals surface area contributed by atoms with E-state index in [9.17, 15) is 12.8 Å². The van der Waals surface area contributed by atoms with Gasteiger partial charge in [-0.1, -0.05) is 31.2 Å². The van der Waals surface area contributed by atoms with Crippen molar-refractivity contribution >= 4 is 40.0 Å². The van der Waals surface area contributed by atoms with Crippen molar-refractivity contribution in [1.82, 2.24) is 15.4 Å². The minimum absolute atomic E-state index is 0. The highest BCUT2D eigenvalue weighted by Crippen LogP contribution is 2.13. The van der Waals surface area contributed by atoms with Gasteiger partial charge in [-0.2, -0.15) is 0 Å². The number of benzene rings is 2. The second-order valence-corrected chi connectivity index (χ2v) is 8.52. The summed E-state index contributed by atoms with van der Waals surface area (Å²) in [7, 11) is -3.72. The van der Waals surface area contributed by atoms with Gasteiger partial charge in [-0.15, -0.1) is 24.0 Å². The van der Waals surface area contributed by atoms with Crippen molar-refractivity contribution in [1.29, 1.82) is 0 Å². The van der Waals surface area contributed by atoms with Crippen LogP contribution in [0.15, 0.2) is 58.4 Å². The van der Waals surface area contributed by atoms with Crippen molar-refractivity contribution in [3.8, 4) is 0 Å². The van der Waals surface area contributed by atoms with Gasteiger partial charge in [-0.05, 0) is 55.7 Å². The quantitative estimate of drug-likeness (QED) is 0.253. The lowest BCUT2D eigenvalue weighted by molar-refractivity contribution is 0.580. The third kappa shape index (κ3) is 8.57. The number of nitrogens with zero attached hydrogens (tertiary/aromatic N) is 1. The Labute approximate surface area is 195 Å². The van der Waals surface area contributed by atoms with Crippen molar-refractivity contribution in [2.75, 3.05) is 6.54 Å². The third-order valence-corrected chi connectivity index (χ3v) is 5.72. The highest BCUT2D eigenvalue weighted by Gasteiger charge is 2.14. The number of hydrogen-bond donors (Lipinski definition) is 3. The van der Waals surface area contributed by atoms with E-state index >= 15 is 0 Å². The van der Waals surface area contributed by atoms with Crippen LogP contribution in [0.2, 0.25) is 0 Å². The van der Waals surface area contributed by atoms with Gasteiger partial charge in [-0.3, -0.25) is 0 Å². The summed E-state index contributed by atoms with van der Waals surface area (Å²) in [6.07, 6.45) is 0.967. The van der Waals surface area contributed by atoms with E-state index in [2.05, 4.69) is 34.2 Å². The van der Waals surface area contributed by atoms with Crippen molar-refractivity contribution < 1.29 is 12.8 Å². The number of aliphatic imine (C=N–C) groups is 1. The highest BCUT2D eigenvalue weighted by molar-refractivity contribution is 14.0. The first-order chi connectivity index (χ1) is 13.8. The molecule has 9 heteroatoms. The fourth-order valence-corrected chi connectivity index (χ4v) is 3.63. The summed E-state index contributed by atoms with van der Waals surface area (Å²) in [6.45, 7) is 7.26. The summed E-state index contributed by atoms with van der Waals surface area (Å²) in [4.78, 5) is 4.69. The number of guanidine groups is 1. The first kappa shape index (κ1) is 26.3. The van der Waals surface area contributed by atoms with Gasteiger partial charge in [0.2, 0.25) is 10.0 Å². The monoisotopic (exact) mass is 548 g/mol. The Bertz CT molecular complexity index is 938. The molecule has 3 N–H and O–H groups in total. The molecule has 0 heterocycles. The van der Waals surface area contributed by atoms with Crippen LogP contribution < -0.4 is 15.4 Å². The summed E-state index contributed by atoms with van der Waals surface area (Å²) in [5, 5.41) is 6.49. The Balaban J connectivity index is 0.00000450. The molecule has 6 nitrogen and oxygen atoms in total. The first-order valence-corrected chi connectivity index (χ1v) is 11.2. The lowest BCUT2D eigenvalue weighted by Gasteiger charge is -2.16. The maximum Gasteiger partial charge on any atom is 0.240 e. The van der Waals surface area contributed by atoms with Gasteiger partial charge in [0.05, 0.1) is 11.4 Å². The van der Waals surface area contributed by atoms with Crippen molar-refractivity contribution in [2.24, 2.45) is 4.99 Å². The van der Waals surface area contributed by atoms with Crippen LogP contribution in [0.5, 0.6) is 0 Å². The zero-order valence-electron chi connectivity index (χ0n) is 17.5. The van der Waals surface area contributed by atoms with Crippen LogP contribution in [0.1, 0.15) is 38.3 Å². The molecule has 0 radical (unpaired) electrons. The van der Waals surface area contributed by atoms with Crippen molar-refractivity contribution in [3.05, 3.63) is 65.5 Å². The molecule has 0 aliphatic rings. The Morgan fingerprint density at radius 1 is 1.10 bits per heavy atom. The van der Waals surface area contributed by atoms with Crippen LogP contribution in [0.4, 0.5) is 4.39 Å². The largest absolute Gasteiger partial charge is 0.357 e. The molecule has 0 aliphatic heterocycles. The third-order valence-electron chi connectivity index (χ3n) is 4.32. The normalized spacial score (nSPS) is 12.7. The number of hydrogen-bond acceptors (Lipinski definition) is 3. The molecular formula is C21H30FIN4O2S. The second kappa shape index (κ2) is 12.9. The molecular weight excluding hydrogens is 518 g/mol. The smallest absolute Gasteiger partial charge is 0.240 e. The predicted octanol–water partition coefficient (Wildman–Crippen LogP) is 3.78. The Kier molecular flexibility index (Phi) is 11.3. The maximum absolute atomic E-state index is 13.3. The predicted molar refractivity (Wildman–Crippen MR) is 130 cm³/mol. The van der Waals surface area contributed by atoms with E-state index in [-0.39, 0.29) is 41.5 Å². The van der Waals surface area contributed by atoms with Gasteiger partial charge in [0.15, 0.2) is 5.96 Å². The Morgan fingerprint density at radius 2 is 1.80 bits per heavy atom. The van der Waals surface area contributed by atoms with Crippen LogP contribution in [-0.4, -0.2) is 27.0 Å².